The molecule has 0 aliphatic heterocycles. The molecule has 0 saturated carbocycles. The van der Waals surface area contributed by atoms with Gasteiger partial charge in [-0.1, -0.05) is 12.1 Å². The molecule has 5 rings (SSSR count). The molecule has 0 saturated heterocycles. The number of nitrogens with one attached hydrogen (secondary N) is 3. The van der Waals surface area contributed by atoms with E-state index in [2.05, 4.69) is 30.8 Å². The third-order valence-electron chi connectivity index (χ3n) is 6.83. The van der Waals surface area contributed by atoms with Crippen molar-refractivity contribution in [3.8, 4) is 17.0 Å². The van der Waals surface area contributed by atoms with Crippen molar-refractivity contribution in [2.75, 3.05) is 17.2 Å². The van der Waals surface area contributed by atoms with Crippen molar-refractivity contribution >= 4 is 38.9 Å². The molecule has 2 aromatic carbocycles. The van der Waals surface area contributed by atoms with Gasteiger partial charge in [-0.15, -0.1) is 0 Å². The minimum atomic E-state index is -3.53. The van der Waals surface area contributed by atoms with Crippen molar-refractivity contribution < 1.29 is 22.7 Å². The van der Waals surface area contributed by atoms with Crippen LogP contribution in [0.25, 0.3) is 11.3 Å². The molecule has 1 aliphatic carbocycles. The molecule has 42 heavy (non-hydrogen) atoms. The number of carbonyl (C=O) groups is 1. The molecule has 11 nitrogen and oxygen atoms in total. The van der Waals surface area contributed by atoms with Gasteiger partial charge in [-0.25, -0.2) is 18.2 Å². The number of fused-ring (bicyclic) bond motifs is 3. The second-order valence-corrected chi connectivity index (χ2v) is 13.0. The number of ether oxygens (including phenoxy) is 2. The van der Waals surface area contributed by atoms with Crippen molar-refractivity contribution in [1.29, 1.82) is 0 Å². The third kappa shape index (κ3) is 5.54. The van der Waals surface area contributed by atoms with Gasteiger partial charge in [0.2, 0.25) is 5.95 Å². The molecule has 12 heteroatoms. The molecule has 0 fully saturated rings. The summed E-state index contributed by atoms with van der Waals surface area (Å²) < 4.78 is 37.3. The van der Waals surface area contributed by atoms with Gasteiger partial charge < -0.3 is 20.1 Å². The van der Waals surface area contributed by atoms with Gasteiger partial charge in [0.15, 0.2) is 15.5 Å². The Morgan fingerprint density at radius 2 is 1.86 bits per heavy atom. The van der Waals surface area contributed by atoms with Crippen LogP contribution >= 0.6 is 0 Å². The van der Waals surface area contributed by atoms with E-state index in [-0.39, 0.29) is 29.2 Å². The average Bonchev–Trinajstić information content (AvgIpc) is 3.50. The molecular formula is C30H34N6O5S. The van der Waals surface area contributed by atoms with Crippen LogP contribution in [0.2, 0.25) is 0 Å². The van der Waals surface area contributed by atoms with E-state index in [1.165, 1.54) is 0 Å². The Morgan fingerprint density at radius 1 is 1.10 bits per heavy atom. The first kappa shape index (κ1) is 29.1. The summed E-state index contributed by atoms with van der Waals surface area (Å²) >= 11 is 0. The highest BCUT2D eigenvalue weighted by atomic mass is 32.2. The fourth-order valence-corrected chi connectivity index (χ4v) is 5.92. The number of aryl methyl sites for hydroxylation is 1. The minimum Gasteiger partial charge on any atom is -0.489 e. The van der Waals surface area contributed by atoms with Gasteiger partial charge in [0.25, 0.3) is 0 Å². The molecule has 1 aliphatic rings. The Kier molecular flexibility index (Phi) is 7.91. The van der Waals surface area contributed by atoms with Crippen LogP contribution in [0, 0.1) is 6.92 Å². The molecule has 0 unspecified atom stereocenters. The number of nitrogens with zero attached hydrogens (tertiary/aromatic N) is 3. The first-order valence-electron chi connectivity index (χ1n) is 13.8. The molecule has 2 heterocycles. The van der Waals surface area contributed by atoms with Crippen LogP contribution in [-0.2, 0) is 21.0 Å². The highest BCUT2D eigenvalue weighted by Gasteiger charge is 2.30. The lowest BCUT2D eigenvalue weighted by Gasteiger charge is -2.18. The van der Waals surface area contributed by atoms with Gasteiger partial charge in [0.05, 0.1) is 39.9 Å². The number of aromatic nitrogens is 4. The summed E-state index contributed by atoms with van der Waals surface area (Å²) in [7, 11) is -3.53. The van der Waals surface area contributed by atoms with Gasteiger partial charge >= 0.3 is 5.97 Å². The number of esters is 1. The Labute approximate surface area is 245 Å². The normalized spacial score (nSPS) is 12.3. The Bertz CT molecular complexity index is 1760. The van der Waals surface area contributed by atoms with Crippen molar-refractivity contribution in [3.05, 3.63) is 65.0 Å². The van der Waals surface area contributed by atoms with Crippen LogP contribution in [0.4, 0.5) is 23.1 Å². The lowest BCUT2D eigenvalue weighted by Crippen LogP contribution is -2.16. The van der Waals surface area contributed by atoms with E-state index in [0.29, 0.717) is 29.4 Å². The molecule has 0 spiro atoms. The summed E-state index contributed by atoms with van der Waals surface area (Å²) in [4.78, 5) is 21.8. The van der Waals surface area contributed by atoms with Gasteiger partial charge in [-0.2, -0.15) is 10.1 Å². The number of sulfone groups is 1. The number of H-pyrrole nitrogens is 1. The summed E-state index contributed by atoms with van der Waals surface area (Å²) in [5.41, 5.74) is 5.47. The Balaban J connectivity index is 1.50. The van der Waals surface area contributed by atoms with Crippen LogP contribution in [0.5, 0.6) is 5.75 Å². The predicted molar refractivity (Wildman–Crippen MR) is 161 cm³/mol. The fourth-order valence-electron chi connectivity index (χ4n) is 4.72. The van der Waals surface area contributed by atoms with E-state index in [9.17, 15) is 13.2 Å². The topological polar surface area (TPSA) is 148 Å². The van der Waals surface area contributed by atoms with E-state index < -0.39 is 21.1 Å². The Hall–Kier alpha value is -4.45. The standard InChI is InChI=1S/C30H34N6O5S/c1-7-40-29(37)27-21-12-19-13-24(41-16(2)3)23(14-20(19)26(21)35-36-27)33-30-31-15-18(6)28(34-30)32-22-10-8-9-11-25(22)42(38,39)17(4)5/h8-11,13-17H,7,12H2,1-6H3,(H,35,36)(H2,31,32,33,34). The van der Waals surface area contributed by atoms with E-state index in [1.807, 2.05) is 32.9 Å². The molecular weight excluding hydrogens is 556 g/mol. The first-order chi connectivity index (χ1) is 20.0. The largest absolute Gasteiger partial charge is 0.489 e. The summed E-state index contributed by atoms with van der Waals surface area (Å²) in [6.07, 6.45) is 2.07. The first-order valence-corrected chi connectivity index (χ1v) is 15.3. The van der Waals surface area contributed by atoms with Crippen molar-refractivity contribution in [1.82, 2.24) is 20.2 Å². The molecule has 4 aromatic rings. The van der Waals surface area contributed by atoms with Crippen molar-refractivity contribution in [3.63, 3.8) is 0 Å². The van der Waals surface area contributed by atoms with Crippen LogP contribution in [0.3, 0.4) is 0 Å². The summed E-state index contributed by atoms with van der Waals surface area (Å²) in [5.74, 6) is 0.888. The molecule has 2 aromatic heterocycles. The lowest BCUT2D eigenvalue weighted by molar-refractivity contribution is 0.0518. The number of aromatic amines is 1. The van der Waals surface area contributed by atoms with Gasteiger partial charge in [-0.3, -0.25) is 5.10 Å². The second kappa shape index (κ2) is 11.4. The molecule has 0 radical (unpaired) electrons. The quantitative estimate of drug-likeness (QED) is 0.173. The zero-order valence-electron chi connectivity index (χ0n) is 24.4. The highest BCUT2D eigenvalue weighted by molar-refractivity contribution is 7.92. The van der Waals surface area contributed by atoms with Gasteiger partial charge in [0, 0.05) is 29.3 Å². The maximum Gasteiger partial charge on any atom is 0.359 e. The molecule has 0 amide bonds. The molecule has 3 N–H and O–H groups in total. The van der Waals surface area contributed by atoms with Crippen LogP contribution in [0.1, 0.15) is 61.8 Å². The fraction of sp³-hybridized carbons (Fsp3) is 0.333. The van der Waals surface area contributed by atoms with Crippen LogP contribution in [-0.4, -0.2) is 52.5 Å². The summed E-state index contributed by atoms with van der Waals surface area (Å²) in [6, 6.07) is 10.6. The number of hydrogen-bond donors (Lipinski definition) is 3. The third-order valence-corrected chi connectivity index (χ3v) is 9.04. The number of anilines is 4. The van der Waals surface area contributed by atoms with E-state index in [1.54, 1.807) is 51.2 Å². The van der Waals surface area contributed by atoms with E-state index in [0.717, 1.165) is 27.9 Å². The number of benzene rings is 2. The van der Waals surface area contributed by atoms with Gasteiger partial charge in [0.1, 0.15) is 11.6 Å². The maximum atomic E-state index is 13.0. The van der Waals surface area contributed by atoms with E-state index in [4.69, 9.17) is 9.47 Å². The highest BCUT2D eigenvalue weighted by Crippen LogP contribution is 2.43. The number of hydrogen-bond acceptors (Lipinski definition) is 10. The predicted octanol–water partition coefficient (Wildman–Crippen LogP) is 5.71. The lowest BCUT2D eigenvalue weighted by atomic mass is 10.1. The monoisotopic (exact) mass is 590 g/mol. The smallest absolute Gasteiger partial charge is 0.359 e. The van der Waals surface area contributed by atoms with Crippen molar-refractivity contribution in [2.45, 2.75) is 64.2 Å². The molecule has 220 valence electrons. The molecule has 0 bridgehead atoms. The van der Waals surface area contributed by atoms with Gasteiger partial charge in [-0.05, 0) is 71.4 Å². The van der Waals surface area contributed by atoms with Crippen LogP contribution in [0.15, 0.2) is 47.5 Å². The average molecular weight is 591 g/mol. The number of carbonyl (C=O) groups excluding carboxylic acids is 1. The van der Waals surface area contributed by atoms with Crippen molar-refractivity contribution in [2.24, 2.45) is 0 Å². The van der Waals surface area contributed by atoms with E-state index >= 15 is 0 Å². The summed E-state index contributed by atoms with van der Waals surface area (Å²) in [5, 5.41) is 13.1. The number of para-hydroxylation sites is 1. The SMILES string of the molecule is CCOC(=O)c1n[nH]c2c1Cc1cc(OC(C)C)c(Nc3ncc(C)c(Nc4ccccc4S(=O)(=O)C(C)C)n3)cc1-2. The maximum absolute atomic E-state index is 13.0. The zero-order chi connectivity index (χ0) is 30.2. The summed E-state index contributed by atoms with van der Waals surface area (Å²) in [6.45, 7) is 11.1. The van der Waals surface area contributed by atoms with Crippen LogP contribution < -0.4 is 15.4 Å². The minimum absolute atomic E-state index is 0.102. The number of rotatable bonds is 10. The zero-order valence-corrected chi connectivity index (χ0v) is 25.2. The Morgan fingerprint density at radius 3 is 2.57 bits per heavy atom. The second-order valence-electron chi connectivity index (χ2n) is 10.6. The molecule has 0 atom stereocenters.